The van der Waals surface area contributed by atoms with Crippen LogP contribution in [-0.2, 0) is 13.1 Å². The van der Waals surface area contributed by atoms with E-state index >= 15 is 0 Å². The summed E-state index contributed by atoms with van der Waals surface area (Å²) in [6.07, 6.45) is 12.3. The number of likely N-dealkylation sites (tertiary alicyclic amines) is 1. The Morgan fingerprint density at radius 2 is 2.07 bits per heavy atom. The molecule has 4 rings (SSSR count). The summed E-state index contributed by atoms with van der Waals surface area (Å²) in [4.78, 5) is 40.9. The summed E-state index contributed by atoms with van der Waals surface area (Å²) in [5.41, 5.74) is 2.15. The van der Waals surface area contributed by atoms with Crippen LogP contribution in [0.4, 0.5) is 0 Å². The molecular weight excluding hydrogens is 368 g/mol. The molecule has 0 aliphatic carbocycles. The molecule has 1 unspecified atom stereocenters. The molecule has 0 radical (unpaired) electrons. The van der Waals surface area contributed by atoms with E-state index in [4.69, 9.17) is 0 Å². The summed E-state index contributed by atoms with van der Waals surface area (Å²) >= 11 is 0. The minimum atomic E-state index is -0.286. The minimum absolute atomic E-state index is 0.0621. The summed E-state index contributed by atoms with van der Waals surface area (Å²) in [7, 11) is 0. The summed E-state index contributed by atoms with van der Waals surface area (Å²) in [6.45, 7) is 5.30. The Hall–Kier alpha value is -3.29. The van der Waals surface area contributed by atoms with Crippen molar-refractivity contribution >= 4 is 5.91 Å². The summed E-state index contributed by atoms with van der Waals surface area (Å²) < 4.78 is 3.50. The number of amides is 1. The predicted molar refractivity (Wildman–Crippen MR) is 108 cm³/mol. The molecule has 1 atom stereocenters. The van der Waals surface area contributed by atoms with Crippen molar-refractivity contribution in [3.63, 3.8) is 0 Å². The van der Waals surface area contributed by atoms with E-state index in [0.717, 1.165) is 18.5 Å². The maximum atomic E-state index is 13.3. The van der Waals surface area contributed by atoms with Crippen LogP contribution in [0.15, 0.2) is 48.2 Å². The van der Waals surface area contributed by atoms with Crippen LogP contribution in [0.3, 0.4) is 0 Å². The monoisotopic (exact) mass is 392 g/mol. The highest BCUT2D eigenvalue weighted by Crippen LogP contribution is 2.21. The number of aryl methyl sites for hydroxylation is 2. The molecule has 8 heteroatoms. The van der Waals surface area contributed by atoms with Crippen LogP contribution in [0.1, 0.15) is 40.2 Å². The van der Waals surface area contributed by atoms with Crippen molar-refractivity contribution in [2.24, 2.45) is 0 Å². The fourth-order valence-corrected chi connectivity index (χ4v) is 3.80. The molecule has 4 heterocycles. The van der Waals surface area contributed by atoms with E-state index in [0.29, 0.717) is 24.3 Å². The Morgan fingerprint density at radius 1 is 1.21 bits per heavy atom. The van der Waals surface area contributed by atoms with Gasteiger partial charge in [0.05, 0.1) is 36.5 Å². The number of imidazole rings is 1. The Kier molecular flexibility index (Phi) is 5.24. The van der Waals surface area contributed by atoms with Gasteiger partial charge in [0, 0.05) is 37.9 Å². The predicted octanol–water partition coefficient (Wildman–Crippen LogP) is 1.80. The molecule has 1 saturated heterocycles. The Balaban J connectivity index is 1.60. The van der Waals surface area contributed by atoms with E-state index in [9.17, 15) is 9.59 Å². The number of aromatic nitrogens is 5. The topological polar surface area (TPSA) is 85.9 Å². The maximum Gasteiger partial charge on any atom is 0.264 e. The highest BCUT2D eigenvalue weighted by molar-refractivity contribution is 5.95. The van der Waals surface area contributed by atoms with Crippen molar-refractivity contribution in [1.29, 1.82) is 0 Å². The molecule has 1 fully saturated rings. The number of carbonyl (C=O) groups is 1. The number of carbonyl (C=O) groups excluding carboxylic acids is 1. The Morgan fingerprint density at radius 3 is 2.79 bits per heavy atom. The second-order valence-electron chi connectivity index (χ2n) is 7.51. The quantitative estimate of drug-likeness (QED) is 0.661. The molecule has 0 spiro atoms. The number of nitrogens with zero attached hydrogens (tertiary/aromatic N) is 6. The molecule has 1 aliphatic heterocycles. The van der Waals surface area contributed by atoms with Gasteiger partial charge in [-0.1, -0.05) is 0 Å². The van der Waals surface area contributed by atoms with Crippen LogP contribution in [0.25, 0.3) is 0 Å². The van der Waals surface area contributed by atoms with Gasteiger partial charge in [0.1, 0.15) is 5.56 Å². The Bertz CT molecular complexity index is 1060. The van der Waals surface area contributed by atoms with E-state index < -0.39 is 0 Å². The zero-order chi connectivity index (χ0) is 20.4. The first-order chi connectivity index (χ1) is 14.0. The second-order valence-corrected chi connectivity index (χ2v) is 7.51. The lowest BCUT2D eigenvalue weighted by Crippen LogP contribution is -2.41. The first kappa shape index (κ1) is 19.0. The zero-order valence-electron chi connectivity index (χ0n) is 16.7. The standard InChI is InChI=1S/C21H24N6O2/c1-15-5-8-26(12-17-11-23-16(2)10-24-17)20(28)19(15)21(29)27-7-3-4-18(27)13-25-9-6-22-14-25/h5-6,8-11,14,18H,3-4,7,12-13H2,1-2H3. The third kappa shape index (κ3) is 3.96. The van der Waals surface area contributed by atoms with Crippen molar-refractivity contribution in [1.82, 2.24) is 29.0 Å². The number of pyridine rings is 1. The molecular formula is C21H24N6O2. The average Bonchev–Trinajstić information content (AvgIpc) is 3.38. The fourth-order valence-electron chi connectivity index (χ4n) is 3.80. The van der Waals surface area contributed by atoms with Gasteiger partial charge in [-0.05, 0) is 38.3 Å². The molecule has 8 nitrogen and oxygen atoms in total. The summed E-state index contributed by atoms with van der Waals surface area (Å²) in [6, 6.07) is 1.88. The number of hydrogen-bond donors (Lipinski definition) is 0. The molecule has 29 heavy (non-hydrogen) atoms. The van der Waals surface area contributed by atoms with Gasteiger partial charge in [-0.2, -0.15) is 0 Å². The van der Waals surface area contributed by atoms with Crippen molar-refractivity contribution < 1.29 is 4.79 Å². The minimum Gasteiger partial charge on any atom is -0.335 e. The van der Waals surface area contributed by atoms with Crippen molar-refractivity contribution in [2.45, 2.75) is 45.8 Å². The molecule has 3 aromatic rings. The lowest BCUT2D eigenvalue weighted by atomic mass is 10.1. The zero-order valence-corrected chi connectivity index (χ0v) is 16.7. The third-order valence-corrected chi connectivity index (χ3v) is 5.37. The molecule has 0 bridgehead atoms. The van der Waals surface area contributed by atoms with Gasteiger partial charge in [-0.3, -0.25) is 19.6 Å². The lowest BCUT2D eigenvalue weighted by Gasteiger charge is -2.25. The van der Waals surface area contributed by atoms with E-state index in [1.54, 1.807) is 31.1 Å². The largest absolute Gasteiger partial charge is 0.335 e. The lowest BCUT2D eigenvalue weighted by molar-refractivity contribution is 0.0721. The van der Waals surface area contributed by atoms with E-state index in [1.807, 2.05) is 35.6 Å². The van der Waals surface area contributed by atoms with Crippen LogP contribution < -0.4 is 5.56 Å². The second kappa shape index (κ2) is 7.98. The molecule has 1 amide bonds. The van der Waals surface area contributed by atoms with Crippen molar-refractivity contribution in [3.05, 3.63) is 76.2 Å². The SMILES string of the molecule is Cc1cnc(Cn2ccc(C)c(C(=O)N3CCCC3Cn3ccnc3)c2=O)cn1. The molecule has 0 N–H and O–H groups in total. The van der Waals surface area contributed by atoms with Gasteiger partial charge < -0.3 is 14.0 Å². The van der Waals surface area contributed by atoms with E-state index in [2.05, 4.69) is 15.0 Å². The van der Waals surface area contributed by atoms with Crippen LogP contribution in [-0.4, -0.2) is 47.5 Å². The van der Waals surface area contributed by atoms with Gasteiger partial charge in [-0.25, -0.2) is 4.98 Å². The highest BCUT2D eigenvalue weighted by atomic mass is 16.2. The Labute approximate surface area is 168 Å². The van der Waals surface area contributed by atoms with Crippen LogP contribution >= 0.6 is 0 Å². The molecule has 150 valence electrons. The average molecular weight is 392 g/mol. The van der Waals surface area contributed by atoms with Crippen molar-refractivity contribution in [2.75, 3.05) is 6.54 Å². The van der Waals surface area contributed by atoms with Crippen LogP contribution in [0, 0.1) is 13.8 Å². The van der Waals surface area contributed by atoms with Gasteiger partial charge in [0.15, 0.2) is 0 Å². The normalized spacial score (nSPS) is 16.3. The van der Waals surface area contributed by atoms with Crippen LogP contribution in [0.5, 0.6) is 0 Å². The number of hydrogen-bond acceptors (Lipinski definition) is 5. The van der Waals surface area contributed by atoms with E-state index in [-0.39, 0.29) is 29.6 Å². The van der Waals surface area contributed by atoms with Crippen molar-refractivity contribution in [3.8, 4) is 0 Å². The van der Waals surface area contributed by atoms with Gasteiger partial charge >= 0.3 is 0 Å². The highest BCUT2D eigenvalue weighted by Gasteiger charge is 2.32. The molecule has 1 aliphatic rings. The molecule has 3 aromatic heterocycles. The van der Waals surface area contributed by atoms with Gasteiger partial charge in [0.2, 0.25) is 0 Å². The van der Waals surface area contributed by atoms with E-state index in [1.165, 1.54) is 4.57 Å². The fraction of sp³-hybridized carbons (Fsp3) is 0.381. The molecule has 0 saturated carbocycles. The first-order valence-corrected chi connectivity index (χ1v) is 9.77. The third-order valence-electron chi connectivity index (χ3n) is 5.37. The molecule has 0 aromatic carbocycles. The first-order valence-electron chi connectivity index (χ1n) is 9.77. The number of rotatable bonds is 5. The smallest absolute Gasteiger partial charge is 0.264 e. The van der Waals surface area contributed by atoms with Gasteiger partial charge in [-0.15, -0.1) is 0 Å². The maximum absolute atomic E-state index is 13.3. The van der Waals surface area contributed by atoms with Crippen LogP contribution in [0.2, 0.25) is 0 Å². The summed E-state index contributed by atoms with van der Waals surface area (Å²) in [5.74, 6) is -0.195. The van der Waals surface area contributed by atoms with Gasteiger partial charge in [0.25, 0.3) is 11.5 Å². The summed E-state index contributed by atoms with van der Waals surface area (Å²) in [5, 5.41) is 0.